The first-order chi connectivity index (χ1) is 5.22. The van der Waals surface area contributed by atoms with E-state index in [0.29, 0.717) is 17.4 Å². The van der Waals surface area contributed by atoms with Gasteiger partial charge in [-0.1, -0.05) is 11.6 Å². The van der Waals surface area contributed by atoms with Gasteiger partial charge in [-0.2, -0.15) is 4.99 Å². The van der Waals surface area contributed by atoms with Crippen molar-refractivity contribution in [2.75, 3.05) is 7.11 Å². The second-order valence-corrected chi connectivity index (χ2v) is 2.44. The number of guanidine groups is 1. The van der Waals surface area contributed by atoms with Crippen LogP contribution in [-0.2, 0) is 4.74 Å². The molecule has 1 aliphatic heterocycles. The van der Waals surface area contributed by atoms with Crippen molar-refractivity contribution in [3.8, 4) is 0 Å². The molecule has 60 valence electrons. The van der Waals surface area contributed by atoms with Gasteiger partial charge in [-0.05, 0) is 0 Å². The first-order valence-electron chi connectivity index (χ1n) is 3.01. The van der Waals surface area contributed by atoms with E-state index in [1.807, 2.05) is 0 Å². The highest BCUT2D eigenvalue weighted by Crippen LogP contribution is 2.11. The summed E-state index contributed by atoms with van der Waals surface area (Å²) in [4.78, 5) is 7.57. The maximum atomic E-state index is 5.70. The van der Waals surface area contributed by atoms with Gasteiger partial charge < -0.3 is 10.5 Å². The van der Waals surface area contributed by atoms with Gasteiger partial charge in [0.05, 0.1) is 13.5 Å². The molecule has 1 heterocycles. The van der Waals surface area contributed by atoms with Crippen molar-refractivity contribution < 1.29 is 4.74 Å². The molecule has 4 nitrogen and oxygen atoms in total. The average molecular weight is 174 g/mol. The van der Waals surface area contributed by atoms with E-state index in [1.54, 1.807) is 0 Å². The van der Waals surface area contributed by atoms with Crippen LogP contribution >= 0.6 is 11.6 Å². The third-order valence-electron chi connectivity index (χ3n) is 1.13. The van der Waals surface area contributed by atoms with Gasteiger partial charge in [-0.3, -0.25) is 0 Å². The Morgan fingerprint density at radius 2 is 2.45 bits per heavy atom. The molecule has 0 aromatic carbocycles. The summed E-state index contributed by atoms with van der Waals surface area (Å²) in [5, 5.41) is 0.561. The number of ether oxygens (including phenoxy) is 1. The first-order valence-corrected chi connectivity index (χ1v) is 3.39. The Balaban J connectivity index is 2.86. The summed E-state index contributed by atoms with van der Waals surface area (Å²) < 4.78 is 4.88. The second-order valence-electron chi connectivity index (χ2n) is 1.95. The van der Waals surface area contributed by atoms with Crippen molar-refractivity contribution in [3.63, 3.8) is 0 Å². The lowest BCUT2D eigenvalue weighted by Gasteiger charge is -1.99. The van der Waals surface area contributed by atoms with Crippen molar-refractivity contribution in [3.05, 3.63) is 11.2 Å². The Labute approximate surface area is 69.4 Å². The summed E-state index contributed by atoms with van der Waals surface area (Å²) in [6, 6.07) is 0. The number of aliphatic imine (C=N–C) groups is 2. The highest BCUT2D eigenvalue weighted by atomic mass is 35.5. The molecule has 5 heteroatoms. The maximum Gasteiger partial charge on any atom is 0.223 e. The number of rotatable bonds is 0. The standard InChI is InChI=1S/C6H8ClN3O/c1-11-5-2-4(7)3-9-6(8)10-5/h3H,2H2,1H3,(H2,8,9). The molecule has 1 rings (SSSR count). The van der Waals surface area contributed by atoms with E-state index >= 15 is 0 Å². The molecular formula is C6H8ClN3O. The Morgan fingerprint density at radius 1 is 1.73 bits per heavy atom. The van der Waals surface area contributed by atoms with E-state index in [9.17, 15) is 0 Å². The summed E-state index contributed by atoms with van der Waals surface area (Å²) >= 11 is 5.70. The van der Waals surface area contributed by atoms with Crippen LogP contribution in [0.4, 0.5) is 0 Å². The fourth-order valence-electron chi connectivity index (χ4n) is 0.640. The van der Waals surface area contributed by atoms with Crippen molar-refractivity contribution in [2.45, 2.75) is 6.42 Å². The zero-order valence-electron chi connectivity index (χ0n) is 6.04. The van der Waals surface area contributed by atoms with Crippen LogP contribution in [0.2, 0.25) is 0 Å². The van der Waals surface area contributed by atoms with Crippen LogP contribution in [-0.4, -0.2) is 19.0 Å². The minimum atomic E-state index is 0.164. The highest BCUT2D eigenvalue weighted by Gasteiger charge is 2.05. The van der Waals surface area contributed by atoms with Crippen molar-refractivity contribution in [1.82, 2.24) is 0 Å². The van der Waals surface area contributed by atoms with Crippen LogP contribution in [0.25, 0.3) is 0 Å². The predicted octanol–water partition coefficient (Wildman–Crippen LogP) is 0.830. The van der Waals surface area contributed by atoms with E-state index in [4.69, 9.17) is 22.1 Å². The van der Waals surface area contributed by atoms with Gasteiger partial charge in [0, 0.05) is 11.2 Å². The Hall–Kier alpha value is -1.03. The molecule has 0 amide bonds. The third kappa shape index (κ3) is 2.23. The van der Waals surface area contributed by atoms with Gasteiger partial charge in [0.25, 0.3) is 0 Å². The van der Waals surface area contributed by atoms with Gasteiger partial charge >= 0.3 is 0 Å². The number of methoxy groups -OCH3 is 1. The highest BCUT2D eigenvalue weighted by molar-refractivity contribution is 6.31. The molecular weight excluding hydrogens is 166 g/mol. The largest absolute Gasteiger partial charge is 0.484 e. The number of halogens is 1. The number of nitrogens with two attached hydrogens (primary N) is 1. The Kier molecular flexibility index (Phi) is 2.48. The summed E-state index contributed by atoms with van der Waals surface area (Å²) in [6.07, 6.45) is 1.91. The van der Waals surface area contributed by atoms with Crippen LogP contribution in [0, 0.1) is 0 Å². The lowest BCUT2D eigenvalue weighted by atomic mass is 10.4. The molecule has 0 unspecified atom stereocenters. The fourth-order valence-corrected chi connectivity index (χ4v) is 0.803. The van der Waals surface area contributed by atoms with E-state index in [-0.39, 0.29) is 5.96 Å². The van der Waals surface area contributed by atoms with Gasteiger partial charge in [-0.25, -0.2) is 4.99 Å². The van der Waals surface area contributed by atoms with Crippen LogP contribution in [0.1, 0.15) is 6.42 Å². The van der Waals surface area contributed by atoms with Crippen LogP contribution < -0.4 is 5.73 Å². The molecule has 0 radical (unpaired) electrons. The summed E-state index contributed by atoms with van der Waals surface area (Å²) in [6.45, 7) is 0. The van der Waals surface area contributed by atoms with E-state index in [2.05, 4.69) is 9.98 Å². The van der Waals surface area contributed by atoms with Crippen molar-refractivity contribution in [2.24, 2.45) is 15.7 Å². The quantitative estimate of drug-likeness (QED) is 0.590. The average Bonchev–Trinajstić information content (AvgIpc) is 2.13. The van der Waals surface area contributed by atoms with E-state index < -0.39 is 0 Å². The van der Waals surface area contributed by atoms with Gasteiger partial charge in [0.1, 0.15) is 0 Å². The maximum absolute atomic E-state index is 5.70. The molecule has 0 saturated carbocycles. The zero-order chi connectivity index (χ0) is 8.27. The summed E-state index contributed by atoms with van der Waals surface area (Å²) in [7, 11) is 1.52. The van der Waals surface area contributed by atoms with E-state index in [0.717, 1.165) is 0 Å². The number of hydrogen-bond donors (Lipinski definition) is 1. The Morgan fingerprint density at radius 3 is 3.09 bits per heavy atom. The molecule has 0 bridgehead atoms. The van der Waals surface area contributed by atoms with Crippen LogP contribution in [0.3, 0.4) is 0 Å². The Bertz CT molecular complexity index is 244. The predicted molar refractivity (Wildman–Crippen MR) is 44.6 cm³/mol. The van der Waals surface area contributed by atoms with Crippen LogP contribution in [0.15, 0.2) is 21.2 Å². The molecule has 0 fully saturated rings. The third-order valence-corrected chi connectivity index (χ3v) is 1.36. The normalized spacial score (nSPS) is 17.8. The van der Waals surface area contributed by atoms with Gasteiger partial charge in [0.2, 0.25) is 5.96 Å². The number of hydrogen-bond acceptors (Lipinski definition) is 4. The molecule has 1 aliphatic rings. The second kappa shape index (κ2) is 3.39. The molecule has 0 atom stereocenters. The lowest BCUT2D eigenvalue weighted by Crippen LogP contribution is -2.11. The molecule has 2 N–H and O–H groups in total. The van der Waals surface area contributed by atoms with E-state index in [1.165, 1.54) is 13.3 Å². The SMILES string of the molecule is COC1=NC(N)=NC=C(Cl)C1. The molecule has 0 aromatic rings. The van der Waals surface area contributed by atoms with Crippen molar-refractivity contribution >= 4 is 23.5 Å². The summed E-state index contributed by atoms with van der Waals surface area (Å²) in [5.41, 5.74) is 5.34. The number of nitrogens with zero attached hydrogens (tertiary/aromatic N) is 2. The minimum Gasteiger partial charge on any atom is -0.484 e. The lowest BCUT2D eigenvalue weighted by molar-refractivity contribution is 0.395. The smallest absolute Gasteiger partial charge is 0.223 e. The van der Waals surface area contributed by atoms with Crippen LogP contribution in [0.5, 0.6) is 0 Å². The molecule has 0 aromatic heterocycles. The molecule has 11 heavy (non-hydrogen) atoms. The topological polar surface area (TPSA) is 60.0 Å². The first kappa shape index (κ1) is 8.07. The zero-order valence-corrected chi connectivity index (χ0v) is 6.80. The monoisotopic (exact) mass is 173 g/mol. The minimum absolute atomic E-state index is 0.164. The van der Waals surface area contributed by atoms with Crippen molar-refractivity contribution in [1.29, 1.82) is 0 Å². The van der Waals surface area contributed by atoms with Gasteiger partial charge in [-0.15, -0.1) is 0 Å². The molecule has 0 spiro atoms. The molecule has 0 aliphatic carbocycles. The van der Waals surface area contributed by atoms with Gasteiger partial charge in [0.15, 0.2) is 5.90 Å². The fraction of sp³-hybridized carbons (Fsp3) is 0.333. The summed E-state index contributed by atoms with van der Waals surface area (Å²) in [5.74, 6) is 0.641. The molecule has 0 saturated heterocycles.